The lowest BCUT2D eigenvalue weighted by Gasteiger charge is -2.02. The lowest BCUT2D eigenvalue weighted by molar-refractivity contribution is -0.137. The summed E-state index contributed by atoms with van der Waals surface area (Å²) in [5, 5.41) is 18.8. The van der Waals surface area contributed by atoms with Crippen molar-refractivity contribution in [3.8, 4) is 5.88 Å². The number of aliphatic carboxylic acids is 1. The summed E-state index contributed by atoms with van der Waals surface area (Å²) in [5.74, 6) is -0.703. The maximum absolute atomic E-state index is 10.5. The number of nitrogens with zero attached hydrogens (tertiary/aromatic N) is 1. The van der Waals surface area contributed by atoms with Crippen LogP contribution >= 0.6 is 23.6 Å². The fourth-order valence-corrected chi connectivity index (χ4v) is 3.38. The Balaban J connectivity index is 2.49. The van der Waals surface area contributed by atoms with E-state index >= 15 is 0 Å². The van der Waals surface area contributed by atoms with Crippen molar-refractivity contribution in [2.75, 3.05) is 0 Å². The first kappa shape index (κ1) is 19.6. The van der Waals surface area contributed by atoms with E-state index in [1.54, 1.807) is 4.57 Å². The Kier molecular flexibility index (Phi) is 9.55. The largest absolute Gasteiger partial charge is 0.493 e. The molecule has 1 aromatic heterocycles. The molecule has 0 bridgehead atoms. The minimum atomic E-state index is -0.836. The molecule has 1 rings (SSSR count). The van der Waals surface area contributed by atoms with E-state index in [4.69, 9.17) is 17.3 Å². The Morgan fingerprint density at radius 2 is 2.04 bits per heavy atom. The number of aromatic hydroxyl groups is 1. The third-order valence-corrected chi connectivity index (χ3v) is 4.75. The summed E-state index contributed by atoms with van der Waals surface area (Å²) in [6, 6.07) is 0. The molecule has 0 saturated heterocycles. The number of hydrogen-bond donors (Lipinski definition) is 2. The van der Waals surface area contributed by atoms with Gasteiger partial charge in [0.25, 0.3) is 0 Å². The van der Waals surface area contributed by atoms with Crippen LogP contribution in [0.15, 0.2) is 18.2 Å². The van der Waals surface area contributed by atoms with Crippen LogP contribution in [0.4, 0.5) is 0 Å². The molecule has 128 valence electrons. The van der Waals surface area contributed by atoms with Gasteiger partial charge in [-0.15, -0.1) is 11.3 Å². The molecule has 1 heterocycles. The summed E-state index contributed by atoms with van der Waals surface area (Å²) >= 11 is 6.57. The highest BCUT2D eigenvalue weighted by molar-refractivity contribution is 7.73. The van der Waals surface area contributed by atoms with Crippen molar-refractivity contribution in [1.82, 2.24) is 4.57 Å². The average Bonchev–Trinajstić information content (AvgIpc) is 2.77. The second kappa shape index (κ2) is 11.2. The first-order chi connectivity index (χ1) is 11.1. The predicted molar refractivity (Wildman–Crippen MR) is 98.6 cm³/mol. The fraction of sp³-hybridized carbons (Fsp3) is 0.529. The van der Waals surface area contributed by atoms with E-state index in [1.807, 2.05) is 12.2 Å². The first-order valence-electron chi connectivity index (χ1n) is 8.02. The normalized spacial score (nSPS) is 11.7. The highest BCUT2D eigenvalue weighted by Gasteiger charge is 2.09. The molecule has 0 unspecified atom stereocenters. The van der Waals surface area contributed by atoms with Crippen molar-refractivity contribution < 1.29 is 15.0 Å². The molecular weight excluding hydrogens is 330 g/mol. The third-order valence-electron chi connectivity index (χ3n) is 3.35. The molecular formula is C17H25NO3S2. The van der Waals surface area contributed by atoms with Gasteiger partial charge in [-0.05, 0) is 44.0 Å². The quantitative estimate of drug-likeness (QED) is 0.317. The van der Waals surface area contributed by atoms with E-state index < -0.39 is 5.97 Å². The zero-order chi connectivity index (χ0) is 17.1. The van der Waals surface area contributed by atoms with Crippen molar-refractivity contribution in [2.45, 2.75) is 58.4 Å². The van der Waals surface area contributed by atoms with Gasteiger partial charge in [0.05, 0.1) is 4.88 Å². The van der Waals surface area contributed by atoms with E-state index in [2.05, 4.69) is 19.1 Å². The van der Waals surface area contributed by atoms with Gasteiger partial charge in [-0.2, -0.15) is 0 Å². The van der Waals surface area contributed by atoms with Crippen LogP contribution in [0.5, 0.6) is 5.88 Å². The molecule has 0 aromatic carbocycles. The molecule has 2 N–H and O–H groups in total. The van der Waals surface area contributed by atoms with Gasteiger partial charge >= 0.3 is 5.97 Å². The molecule has 0 aliphatic heterocycles. The molecule has 6 heteroatoms. The minimum absolute atomic E-state index is 0.0745. The molecule has 1 aromatic rings. The third kappa shape index (κ3) is 7.61. The van der Waals surface area contributed by atoms with Crippen LogP contribution in [0, 0.1) is 3.95 Å². The Hall–Kier alpha value is -1.40. The van der Waals surface area contributed by atoms with E-state index in [0.717, 1.165) is 17.7 Å². The van der Waals surface area contributed by atoms with Crippen molar-refractivity contribution in [3.63, 3.8) is 0 Å². The number of rotatable bonds is 11. The Labute approximate surface area is 146 Å². The summed E-state index contributed by atoms with van der Waals surface area (Å²) in [7, 11) is 0. The smallest absolute Gasteiger partial charge is 0.303 e. The van der Waals surface area contributed by atoms with Crippen LogP contribution in [0.3, 0.4) is 0 Å². The van der Waals surface area contributed by atoms with Crippen LogP contribution in [0.1, 0.15) is 56.7 Å². The number of carboxylic acid groups (broad SMARTS) is 1. The monoisotopic (exact) mass is 355 g/mol. The minimum Gasteiger partial charge on any atom is -0.493 e. The highest BCUT2D eigenvalue weighted by atomic mass is 32.1. The van der Waals surface area contributed by atoms with Crippen molar-refractivity contribution in [1.29, 1.82) is 0 Å². The van der Waals surface area contributed by atoms with Gasteiger partial charge in [-0.3, -0.25) is 9.36 Å². The second-order valence-electron chi connectivity index (χ2n) is 5.31. The molecule has 0 aliphatic rings. The molecule has 23 heavy (non-hydrogen) atoms. The summed E-state index contributed by atoms with van der Waals surface area (Å²) in [6.45, 7) is 2.62. The van der Waals surface area contributed by atoms with Gasteiger partial charge in [0, 0.05) is 13.0 Å². The van der Waals surface area contributed by atoms with Crippen LogP contribution in [-0.2, 0) is 11.3 Å². The lowest BCUT2D eigenvalue weighted by Crippen LogP contribution is -2.01. The molecule has 0 saturated carbocycles. The lowest BCUT2D eigenvalue weighted by atomic mass is 10.2. The molecule has 4 nitrogen and oxygen atoms in total. The maximum atomic E-state index is 10.5. The van der Waals surface area contributed by atoms with Crippen LogP contribution in [-0.4, -0.2) is 20.7 Å². The first-order valence-corrected chi connectivity index (χ1v) is 9.24. The predicted octanol–water partition coefficient (Wildman–Crippen LogP) is 5.39. The van der Waals surface area contributed by atoms with Gasteiger partial charge in [0.15, 0.2) is 3.95 Å². The maximum Gasteiger partial charge on any atom is 0.303 e. The van der Waals surface area contributed by atoms with Gasteiger partial charge in [0.2, 0.25) is 5.88 Å². The van der Waals surface area contributed by atoms with Gasteiger partial charge in [0.1, 0.15) is 0 Å². The molecule has 0 aliphatic carbocycles. The number of thiazole rings is 1. The number of carbonyl (C=O) groups is 1. The molecule has 0 spiro atoms. The zero-order valence-electron chi connectivity index (χ0n) is 13.5. The molecule has 0 atom stereocenters. The fourth-order valence-electron chi connectivity index (χ4n) is 2.09. The van der Waals surface area contributed by atoms with Crippen molar-refractivity contribution in [3.05, 3.63) is 27.1 Å². The van der Waals surface area contributed by atoms with Gasteiger partial charge in [-0.25, -0.2) is 0 Å². The van der Waals surface area contributed by atoms with Crippen LogP contribution in [0.25, 0.3) is 6.08 Å². The zero-order valence-corrected chi connectivity index (χ0v) is 15.2. The summed E-state index contributed by atoms with van der Waals surface area (Å²) in [4.78, 5) is 11.3. The molecule has 0 fully saturated rings. The van der Waals surface area contributed by atoms with E-state index in [9.17, 15) is 9.90 Å². The number of unbranched alkanes of at least 4 members (excludes halogenated alkanes) is 3. The van der Waals surface area contributed by atoms with Crippen molar-refractivity contribution in [2.24, 2.45) is 0 Å². The molecule has 0 radical (unpaired) electrons. The summed E-state index contributed by atoms with van der Waals surface area (Å²) < 4.78 is 2.17. The van der Waals surface area contributed by atoms with Crippen LogP contribution in [0.2, 0.25) is 0 Å². The number of allylic oxidation sites excluding steroid dienone is 3. The standard InChI is InChI=1S/C17H25NO3S2/c1-2-3-4-5-6-7-8-9-11-14-16(21)18(17(22)23-14)13-10-12-15(19)20/h6-7,9,11,21H,2-5,8,10,12-13H2,1H3,(H,19,20). The second-order valence-corrected chi connectivity index (χ2v) is 6.99. The SMILES string of the molecule is CCCCCC=CCC=Cc1sc(=S)n(CCCC(=O)O)c1O. The van der Waals surface area contributed by atoms with Gasteiger partial charge < -0.3 is 10.2 Å². The Bertz CT molecular complexity index is 599. The summed E-state index contributed by atoms with van der Waals surface area (Å²) in [5.41, 5.74) is 0. The highest BCUT2D eigenvalue weighted by Crippen LogP contribution is 2.27. The van der Waals surface area contributed by atoms with Crippen LogP contribution < -0.4 is 0 Å². The number of aromatic nitrogens is 1. The van der Waals surface area contributed by atoms with E-state index in [0.29, 0.717) is 16.9 Å². The topological polar surface area (TPSA) is 62.5 Å². The van der Waals surface area contributed by atoms with Gasteiger partial charge in [-0.1, -0.05) is 38.0 Å². The van der Waals surface area contributed by atoms with E-state index in [-0.39, 0.29) is 12.3 Å². The Morgan fingerprint density at radius 3 is 2.74 bits per heavy atom. The average molecular weight is 356 g/mol. The summed E-state index contributed by atoms with van der Waals surface area (Å²) in [6.07, 6.45) is 14.4. The number of hydrogen-bond acceptors (Lipinski definition) is 4. The van der Waals surface area contributed by atoms with E-state index in [1.165, 1.54) is 30.6 Å². The van der Waals surface area contributed by atoms with Crippen molar-refractivity contribution >= 4 is 35.6 Å². The number of carboxylic acids is 1. The molecule has 0 amide bonds. The Morgan fingerprint density at radius 1 is 1.26 bits per heavy atom.